The summed E-state index contributed by atoms with van der Waals surface area (Å²) >= 11 is 0. The second kappa shape index (κ2) is 5.10. The van der Waals surface area contributed by atoms with Gasteiger partial charge >= 0.3 is 0 Å². The Morgan fingerprint density at radius 1 is 1.21 bits per heavy atom. The van der Waals surface area contributed by atoms with Crippen molar-refractivity contribution in [2.24, 2.45) is 0 Å². The Morgan fingerprint density at radius 3 is 2.63 bits per heavy atom. The first-order valence-corrected chi connectivity index (χ1v) is 6.86. The van der Waals surface area contributed by atoms with Crippen molar-refractivity contribution < 1.29 is 0 Å². The van der Waals surface area contributed by atoms with E-state index < -0.39 is 0 Å². The average Bonchev–Trinajstić information content (AvgIpc) is 2.39. The van der Waals surface area contributed by atoms with Crippen molar-refractivity contribution in [2.45, 2.75) is 38.8 Å². The molecule has 19 heavy (non-hydrogen) atoms. The molecular formula is C16H19N3. The summed E-state index contributed by atoms with van der Waals surface area (Å²) in [6.45, 7) is 5.11. The zero-order valence-electron chi connectivity index (χ0n) is 11.4. The van der Waals surface area contributed by atoms with Gasteiger partial charge in [0.1, 0.15) is 5.82 Å². The zero-order valence-corrected chi connectivity index (χ0v) is 11.4. The molecular weight excluding hydrogens is 234 g/mol. The Kier molecular flexibility index (Phi) is 3.30. The Hall–Kier alpha value is -1.74. The number of aromatic nitrogens is 2. The van der Waals surface area contributed by atoms with E-state index in [-0.39, 0.29) is 0 Å². The molecule has 3 heteroatoms. The minimum atomic E-state index is 0.392. The molecule has 3 nitrogen and oxygen atoms in total. The molecule has 0 saturated heterocycles. The van der Waals surface area contributed by atoms with Crippen LogP contribution in [-0.2, 0) is 13.0 Å². The van der Waals surface area contributed by atoms with E-state index >= 15 is 0 Å². The molecule has 1 unspecified atom stereocenters. The first kappa shape index (κ1) is 12.3. The second-order valence-electron chi connectivity index (χ2n) is 5.44. The molecule has 1 aromatic carbocycles. The molecule has 0 amide bonds. The van der Waals surface area contributed by atoms with Crippen LogP contribution in [0.25, 0.3) is 0 Å². The third-order valence-electron chi connectivity index (χ3n) is 3.61. The lowest BCUT2D eigenvalue weighted by Gasteiger charge is -2.28. The highest BCUT2D eigenvalue weighted by Crippen LogP contribution is 2.37. The van der Waals surface area contributed by atoms with Crippen LogP contribution in [0, 0.1) is 0 Å². The summed E-state index contributed by atoms with van der Waals surface area (Å²) in [7, 11) is 0. The number of rotatable bonds is 4. The number of hydrogen-bond acceptors (Lipinski definition) is 3. The molecule has 2 aromatic rings. The highest BCUT2D eigenvalue weighted by molar-refractivity contribution is 5.43. The first-order valence-electron chi connectivity index (χ1n) is 6.86. The topological polar surface area (TPSA) is 37.8 Å². The fraction of sp³-hybridized carbons (Fsp3) is 0.375. The lowest BCUT2D eigenvalue weighted by atomic mass is 9.77. The smallest absolute Gasteiger partial charge is 0.136 e. The van der Waals surface area contributed by atoms with Gasteiger partial charge in [0.15, 0.2) is 0 Å². The van der Waals surface area contributed by atoms with Crippen LogP contribution in [0.3, 0.4) is 0 Å². The van der Waals surface area contributed by atoms with Crippen LogP contribution < -0.4 is 5.32 Å². The number of hydrogen-bond donors (Lipinski definition) is 1. The molecule has 1 aliphatic rings. The molecule has 0 aliphatic heterocycles. The van der Waals surface area contributed by atoms with Gasteiger partial charge in [-0.1, -0.05) is 38.1 Å². The van der Waals surface area contributed by atoms with Crippen molar-refractivity contribution in [3.05, 3.63) is 59.2 Å². The highest BCUT2D eigenvalue weighted by Gasteiger charge is 2.28. The lowest BCUT2D eigenvalue weighted by molar-refractivity contribution is 0.584. The van der Waals surface area contributed by atoms with Crippen molar-refractivity contribution in [1.29, 1.82) is 0 Å². The van der Waals surface area contributed by atoms with Crippen LogP contribution in [0.4, 0.5) is 0 Å². The summed E-state index contributed by atoms with van der Waals surface area (Å²) in [6.07, 6.45) is 4.96. The summed E-state index contributed by atoms with van der Waals surface area (Å²) in [5.41, 5.74) is 3.96. The molecule has 1 atom stereocenters. The molecule has 1 aliphatic carbocycles. The van der Waals surface area contributed by atoms with E-state index in [1.54, 1.807) is 0 Å². The van der Waals surface area contributed by atoms with Gasteiger partial charge in [-0.15, -0.1) is 0 Å². The van der Waals surface area contributed by atoms with Gasteiger partial charge in [0.25, 0.3) is 0 Å². The molecule has 0 radical (unpaired) electrons. The minimum Gasteiger partial charge on any atom is -0.310 e. The van der Waals surface area contributed by atoms with Crippen LogP contribution in [0.5, 0.6) is 0 Å². The van der Waals surface area contributed by atoms with Gasteiger partial charge in [0.05, 0.1) is 0 Å². The number of benzene rings is 1. The Morgan fingerprint density at radius 2 is 1.95 bits per heavy atom. The van der Waals surface area contributed by atoms with Gasteiger partial charge < -0.3 is 5.32 Å². The second-order valence-corrected chi connectivity index (χ2v) is 5.44. The average molecular weight is 253 g/mol. The van der Waals surface area contributed by atoms with E-state index in [1.807, 2.05) is 12.4 Å². The van der Waals surface area contributed by atoms with Gasteiger partial charge in [-0.3, -0.25) is 0 Å². The summed E-state index contributed by atoms with van der Waals surface area (Å²) in [4.78, 5) is 9.05. The van der Waals surface area contributed by atoms with Gasteiger partial charge in [0.2, 0.25) is 0 Å². The van der Waals surface area contributed by atoms with Crippen molar-refractivity contribution in [1.82, 2.24) is 15.3 Å². The molecule has 98 valence electrons. The lowest BCUT2D eigenvalue weighted by Crippen LogP contribution is -2.23. The number of nitrogens with one attached hydrogen (secondary N) is 1. The predicted molar refractivity (Wildman–Crippen MR) is 76.0 cm³/mol. The summed E-state index contributed by atoms with van der Waals surface area (Å²) < 4.78 is 0. The van der Waals surface area contributed by atoms with Crippen molar-refractivity contribution in [3.8, 4) is 0 Å². The Bertz CT molecular complexity index is 560. The Balaban J connectivity index is 1.71. The summed E-state index contributed by atoms with van der Waals surface area (Å²) in [6, 6.07) is 9.04. The first-order chi connectivity index (χ1) is 9.24. The Labute approximate surface area is 114 Å². The fourth-order valence-electron chi connectivity index (χ4n) is 2.45. The van der Waals surface area contributed by atoms with E-state index in [0.29, 0.717) is 12.0 Å². The number of fused-ring (bicyclic) bond motifs is 1. The molecule has 0 fully saturated rings. The standard InChI is InChI=1S/C16H19N3/c1-11(2)17-8-12-9-18-16(19-10-12)15-7-13-5-3-4-6-14(13)15/h3-6,9-11,15,17H,7-8H2,1-2H3. The van der Waals surface area contributed by atoms with Crippen molar-refractivity contribution in [2.75, 3.05) is 0 Å². The van der Waals surface area contributed by atoms with Crippen LogP contribution in [0.15, 0.2) is 36.7 Å². The van der Waals surface area contributed by atoms with Gasteiger partial charge in [0, 0.05) is 36.5 Å². The predicted octanol–water partition coefficient (Wildman–Crippen LogP) is 2.66. The van der Waals surface area contributed by atoms with E-state index in [0.717, 1.165) is 24.4 Å². The molecule has 0 bridgehead atoms. The minimum absolute atomic E-state index is 0.392. The van der Waals surface area contributed by atoms with Gasteiger partial charge in [-0.2, -0.15) is 0 Å². The summed E-state index contributed by atoms with van der Waals surface area (Å²) in [5.74, 6) is 1.34. The fourth-order valence-corrected chi connectivity index (χ4v) is 2.45. The maximum Gasteiger partial charge on any atom is 0.136 e. The maximum absolute atomic E-state index is 4.53. The number of nitrogens with zero attached hydrogens (tertiary/aromatic N) is 2. The zero-order chi connectivity index (χ0) is 13.2. The molecule has 0 spiro atoms. The monoisotopic (exact) mass is 253 g/mol. The SMILES string of the molecule is CC(C)NCc1cnc(C2Cc3ccccc32)nc1. The highest BCUT2D eigenvalue weighted by atomic mass is 14.9. The quantitative estimate of drug-likeness (QED) is 0.910. The largest absolute Gasteiger partial charge is 0.310 e. The van der Waals surface area contributed by atoms with Crippen LogP contribution in [-0.4, -0.2) is 16.0 Å². The third kappa shape index (κ3) is 2.51. The van der Waals surface area contributed by atoms with Crippen LogP contribution >= 0.6 is 0 Å². The molecule has 1 heterocycles. The molecule has 1 N–H and O–H groups in total. The van der Waals surface area contributed by atoms with Crippen molar-refractivity contribution >= 4 is 0 Å². The normalized spacial score (nSPS) is 17.1. The van der Waals surface area contributed by atoms with E-state index in [9.17, 15) is 0 Å². The van der Waals surface area contributed by atoms with E-state index in [4.69, 9.17) is 0 Å². The van der Waals surface area contributed by atoms with E-state index in [1.165, 1.54) is 11.1 Å². The maximum atomic E-state index is 4.53. The molecule has 3 rings (SSSR count). The molecule has 0 saturated carbocycles. The van der Waals surface area contributed by atoms with Crippen LogP contribution in [0.1, 0.15) is 42.3 Å². The van der Waals surface area contributed by atoms with E-state index in [2.05, 4.69) is 53.4 Å². The van der Waals surface area contributed by atoms with Gasteiger partial charge in [-0.05, 0) is 17.5 Å². The molecule has 1 aromatic heterocycles. The van der Waals surface area contributed by atoms with Crippen molar-refractivity contribution in [3.63, 3.8) is 0 Å². The summed E-state index contributed by atoms with van der Waals surface area (Å²) in [5, 5.41) is 3.37. The third-order valence-corrected chi connectivity index (χ3v) is 3.61. The van der Waals surface area contributed by atoms with Crippen LogP contribution in [0.2, 0.25) is 0 Å². The van der Waals surface area contributed by atoms with Gasteiger partial charge in [-0.25, -0.2) is 9.97 Å².